The number of halogens is 3. The third-order valence-corrected chi connectivity index (χ3v) is 5.63. The highest BCUT2D eigenvalue weighted by Crippen LogP contribution is 2.32. The van der Waals surface area contributed by atoms with Crippen molar-refractivity contribution in [3.63, 3.8) is 0 Å². The van der Waals surface area contributed by atoms with Crippen LogP contribution in [-0.4, -0.2) is 24.5 Å². The van der Waals surface area contributed by atoms with Gasteiger partial charge >= 0.3 is 6.18 Å². The minimum absolute atomic E-state index is 0.600. The molecule has 0 aliphatic carbocycles. The number of rotatable bonds is 5. The average Bonchev–Trinajstić information content (AvgIpc) is 2.78. The molecule has 2 heterocycles. The minimum atomic E-state index is -4.32. The third-order valence-electron chi connectivity index (χ3n) is 5.63. The van der Waals surface area contributed by atoms with E-state index in [9.17, 15) is 18.4 Å². The Morgan fingerprint density at radius 3 is 2.35 bits per heavy atom. The van der Waals surface area contributed by atoms with Crippen LogP contribution in [0.1, 0.15) is 23.1 Å². The first-order chi connectivity index (χ1) is 14.9. The molecule has 0 unspecified atom stereocenters. The zero-order valence-corrected chi connectivity index (χ0v) is 17.0. The largest absolute Gasteiger partial charge is 0.619 e. The molecule has 0 fully saturated rings. The number of alkyl halides is 3. The van der Waals surface area contributed by atoms with Crippen molar-refractivity contribution in [1.82, 2.24) is 4.90 Å². The maximum Gasteiger partial charge on any atom is 0.416 e. The summed E-state index contributed by atoms with van der Waals surface area (Å²) in [5.41, 5.74) is 4.32. The van der Waals surface area contributed by atoms with E-state index in [-0.39, 0.29) is 0 Å². The van der Waals surface area contributed by atoms with E-state index >= 15 is 0 Å². The van der Waals surface area contributed by atoms with Crippen molar-refractivity contribution in [1.29, 1.82) is 0 Å². The van der Waals surface area contributed by atoms with E-state index in [4.69, 9.17) is 0 Å². The van der Waals surface area contributed by atoms with Gasteiger partial charge in [0.2, 0.25) is 0 Å². The van der Waals surface area contributed by atoms with Gasteiger partial charge in [0.05, 0.1) is 5.56 Å². The fraction of sp³-hybridized carbons (Fsp3) is 0.240. The van der Waals surface area contributed by atoms with Gasteiger partial charge in [-0.3, -0.25) is 4.90 Å². The van der Waals surface area contributed by atoms with Crippen molar-refractivity contribution in [2.45, 2.75) is 19.0 Å². The van der Waals surface area contributed by atoms with Gasteiger partial charge in [0.1, 0.15) is 0 Å². The number of aromatic nitrogens is 1. The number of pyridine rings is 1. The van der Waals surface area contributed by atoms with E-state index in [1.165, 1.54) is 30.1 Å². The molecule has 1 aliphatic rings. The van der Waals surface area contributed by atoms with Gasteiger partial charge in [-0.1, -0.05) is 42.5 Å². The molecule has 0 bridgehead atoms. The van der Waals surface area contributed by atoms with Crippen molar-refractivity contribution in [3.8, 4) is 11.1 Å². The number of hydrogen-bond acceptors (Lipinski definition) is 2. The van der Waals surface area contributed by atoms with E-state index in [0.717, 1.165) is 60.0 Å². The molecule has 2 aromatic carbocycles. The quantitative estimate of drug-likeness (QED) is 0.409. The molecule has 31 heavy (non-hydrogen) atoms. The van der Waals surface area contributed by atoms with Gasteiger partial charge in [0.25, 0.3) is 0 Å². The molecular formula is C25H23F3N2O. The molecule has 1 aromatic heterocycles. The van der Waals surface area contributed by atoms with Gasteiger partial charge in [-0.15, -0.1) is 0 Å². The zero-order chi connectivity index (χ0) is 21.8. The highest BCUT2D eigenvalue weighted by molar-refractivity contribution is 5.67. The van der Waals surface area contributed by atoms with Gasteiger partial charge in [-0.05, 0) is 52.8 Å². The Morgan fingerprint density at radius 2 is 1.65 bits per heavy atom. The first-order valence-electron chi connectivity index (χ1n) is 10.3. The smallest absolute Gasteiger partial charge is 0.416 e. The number of benzene rings is 2. The molecule has 4 rings (SSSR count). The van der Waals surface area contributed by atoms with Crippen LogP contribution in [0.2, 0.25) is 0 Å². The summed E-state index contributed by atoms with van der Waals surface area (Å²) in [7, 11) is 0. The van der Waals surface area contributed by atoms with Gasteiger partial charge < -0.3 is 5.21 Å². The fourth-order valence-corrected chi connectivity index (χ4v) is 3.87. The van der Waals surface area contributed by atoms with Crippen LogP contribution < -0.4 is 4.73 Å². The van der Waals surface area contributed by atoms with Gasteiger partial charge in [0, 0.05) is 31.8 Å². The van der Waals surface area contributed by atoms with Crippen LogP contribution in [0, 0.1) is 5.21 Å². The molecule has 6 heteroatoms. The second-order valence-electron chi connectivity index (χ2n) is 7.76. The van der Waals surface area contributed by atoms with E-state index in [1.54, 1.807) is 18.2 Å². The van der Waals surface area contributed by atoms with Crippen molar-refractivity contribution in [3.05, 3.63) is 101 Å². The summed E-state index contributed by atoms with van der Waals surface area (Å²) in [5, 5.41) is 11.2. The van der Waals surface area contributed by atoms with E-state index in [0.29, 0.717) is 5.56 Å². The molecule has 0 spiro atoms. The summed E-state index contributed by atoms with van der Waals surface area (Å²) in [6, 6.07) is 17.5. The normalized spacial score (nSPS) is 15.0. The van der Waals surface area contributed by atoms with Crippen molar-refractivity contribution < 1.29 is 17.9 Å². The Labute approximate surface area is 179 Å². The Balaban J connectivity index is 1.37. The lowest BCUT2D eigenvalue weighted by atomic mass is 9.97. The van der Waals surface area contributed by atoms with Crippen LogP contribution in [0.15, 0.2) is 79.1 Å². The fourth-order valence-electron chi connectivity index (χ4n) is 3.87. The molecule has 0 atom stereocenters. The lowest BCUT2D eigenvalue weighted by molar-refractivity contribution is -0.605. The summed E-state index contributed by atoms with van der Waals surface area (Å²) in [6.45, 7) is 2.43. The van der Waals surface area contributed by atoms with Gasteiger partial charge in [0.15, 0.2) is 12.4 Å². The van der Waals surface area contributed by atoms with Crippen LogP contribution >= 0.6 is 0 Å². The highest BCUT2D eigenvalue weighted by Gasteiger charge is 2.30. The highest BCUT2D eigenvalue weighted by atomic mass is 19.4. The molecule has 0 amide bonds. The number of hydrogen-bond donors (Lipinski definition) is 0. The molecule has 160 valence electrons. The van der Waals surface area contributed by atoms with Crippen LogP contribution in [-0.2, 0) is 12.6 Å². The maximum absolute atomic E-state index is 13.0. The third kappa shape index (κ3) is 5.33. The minimum Gasteiger partial charge on any atom is -0.619 e. The van der Waals surface area contributed by atoms with Gasteiger partial charge in [-0.2, -0.15) is 17.9 Å². The topological polar surface area (TPSA) is 30.2 Å². The van der Waals surface area contributed by atoms with E-state index < -0.39 is 11.7 Å². The van der Waals surface area contributed by atoms with Crippen LogP contribution in [0.4, 0.5) is 13.2 Å². The van der Waals surface area contributed by atoms with E-state index in [2.05, 4.69) is 17.0 Å². The molecule has 3 nitrogen and oxygen atoms in total. The lowest BCUT2D eigenvalue weighted by Crippen LogP contribution is -2.30. The second kappa shape index (κ2) is 8.94. The Morgan fingerprint density at radius 1 is 0.903 bits per heavy atom. The lowest BCUT2D eigenvalue weighted by Gasteiger charge is -2.26. The SMILES string of the molecule is [O-][n+]1ccc(-c2cccc(CCN3CC=C(c4cccc(C(F)(F)F)c4)CC3)c2)cc1. The first-order valence-corrected chi connectivity index (χ1v) is 10.3. The van der Waals surface area contributed by atoms with Crippen molar-refractivity contribution in [2.24, 2.45) is 0 Å². The Bertz CT molecular complexity index is 1070. The summed E-state index contributed by atoms with van der Waals surface area (Å²) in [6.07, 6.45) is 2.32. The monoisotopic (exact) mass is 424 g/mol. The van der Waals surface area contributed by atoms with Gasteiger partial charge in [-0.25, -0.2) is 0 Å². The zero-order valence-electron chi connectivity index (χ0n) is 17.0. The summed E-state index contributed by atoms with van der Waals surface area (Å²) < 4.78 is 39.7. The molecule has 0 radical (unpaired) electrons. The predicted octanol–water partition coefficient (Wildman–Crippen LogP) is 5.34. The van der Waals surface area contributed by atoms with Crippen molar-refractivity contribution >= 4 is 5.57 Å². The average molecular weight is 424 g/mol. The maximum atomic E-state index is 13.0. The molecule has 0 saturated heterocycles. The molecular weight excluding hydrogens is 401 g/mol. The Kier molecular flexibility index (Phi) is 6.09. The Hall–Kier alpha value is -3.12. The standard InChI is InChI=1S/C25H23F3N2O/c26-25(27,28)24-6-2-5-23(18-24)20-8-13-29(14-9-20)12-7-19-3-1-4-22(17-19)21-10-15-30(31)16-11-21/h1-6,8,10-11,15-18H,7,9,12-14H2. The summed E-state index contributed by atoms with van der Waals surface area (Å²) >= 11 is 0. The van der Waals surface area contributed by atoms with Crippen LogP contribution in [0.25, 0.3) is 16.7 Å². The first kappa shape index (κ1) is 21.1. The van der Waals surface area contributed by atoms with E-state index in [1.807, 2.05) is 18.2 Å². The predicted molar refractivity (Wildman–Crippen MR) is 115 cm³/mol. The molecule has 0 saturated carbocycles. The summed E-state index contributed by atoms with van der Waals surface area (Å²) in [4.78, 5) is 2.31. The molecule has 0 N–H and O–H groups in total. The second-order valence-corrected chi connectivity index (χ2v) is 7.76. The number of nitrogens with zero attached hydrogens (tertiary/aromatic N) is 2. The summed E-state index contributed by atoms with van der Waals surface area (Å²) in [5.74, 6) is 0. The van der Waals surface area contributed by atoms with Crippen LogP contribution in [0.3, 0.4) is 0 Å². The molecule has 1 aliphatic heterocycles. The van der Waals surface area contributed by atoms with Crippen LogP contribution in [0.5, 0.6) is 0 Å². The molecule has 3 aromatic rings. The van der Waals surface area contributed by atoms with Crippen molar-refractivity contribution in [2.75, 3.05) is 19.6 Å².